The number of carbonyl (C=O) groups is 1. The number of methoxy groups -OCH3 is 1. The van der Waals surface area contributed by atoms with Gasteiger partial charge in [0.15, 0.2) is 11.6 Å². The second kappa shape index (κ2) is 5.88. The zero-order valence-electron chi connectivity index (χ0n) is 11.1. The van der Waals surface area contributed by atoms with Crippen molar-refractivity contribution in [3.63, 3.8) is 0 Å². The SMILES string of the molecule is COc1cc(NC(=O)C2(C#N)CCOCC2)ccc1F. The summed E-state index contributed by atoms with van der Waals surface area (Å²) < 4.78 is 23.3. The fourth-order valence-electron chi connectivity index (χ4n) is 2.10. The van der Waals surface area contributed by atoms with E-state index in [0.29, 0.717) is 31.7 Å². The molecule has 1 aliphatic heterocycles. The largest absolute Gasteiger partial charge is 0.494 e. The van der Waals surface area contributed by atoms with E-state index >= 15 is 0 Å². The lowest BCUT2D eigenvalue weighted by Gasteiger charge is -2.29. The first-order valence-electron chi connectivity index (χ1n) is 6.25. The monoisotopic (exact) mass is 278 g/mol. The standard InChI is InChI=1S/C14H15FN2O3/c1-19-12-8-10(2-3-11(12)15)17-13(18)14(9-16)4-6-20-7-5-14/h2-3,8H,4-7H2,1H3,(H,17,18). The Hall–Kier alpha value is -2.13. The van der Waals surface area contributed by atoms with Gasteiger partial charge in [0.05, 0.1) is 13.2 Å². The summed E-state index contributed by atoms with van der Waals surface area (Å²) in [6.07, 6.45) is 0.710. The minimum absolute atomic E-state index is 0.0424. The third-order valence-electron chi connectivity index (χ3n) is 3.40. The summed E-state index contributed by atoms with van der Waals surface area (Å²) in [5, 5.41) is 11.9. The number of amides is 1. The van der Waals surface area contributed by atoms with Crippen molar-refractivity contribution in [2.24, 2.45) is 5.41 Å². The molecular weight excluding hydrogens is 263 g/mol. The molecule has 106 valence electrons. The summed E-state index contributed by atoms with van der Waals surface area (Å²) in [6, 6.07) is 6.10. The molecule has 1 fully saturated rings. The Morgan fingerprint density at radius 1 is 1.50 bits per heavy atom. The van der Waals surface area contributed by atoms with E-state index in [1.165, 1.54) is 25.3 Å². The smallest absolute Gasteiger partial charge is 0.245 e. The molecular formula is C14H15FN2O3. The summed E-state index contributed by atoms with van der Waals surface area (Å²) in [4.78, 5) is 12.3. The van der Waals surface area contributed by atoms with Crippen molar-refractivity contribution in [3.05, 3.63) is 24.0 Å². The average Bonchev–Trinajstić information content (AvgIpc) is 2.49. The Labute approximate surface area is 116 Å². The minimum Gasteiger partial charge on any atom is -0.494 e. The van der Waals surface area contributed by atoms with Crippen molar-refractivity contribution in [3.8, 4) is 11.8 Å². The first kappa shape index (κ1) is 14.3. The van der Waals surface area contributed by atoms with E-state index in [0.717, 1.165) is 0 Å². The maximum absolute atomic E-state index is 13.3. The highest BCUT2D eigenvalue weighted by Crippen LogP contribution is 2.32. The summed E-state index contributed by atoms with van der Waals surface area (Å²) in [6.45, 7) is 0.765. The van der Waals surface area contributed by atoms with Gasteiger partial charge in [0.2, 0.25) is 5.91 Å². The number of anilines is 1. The average molecular weight is 278 g/mol. The molecule has 0 atom stereocenters. The van der Waals surface area contributed by atoms with Crippen molar-refractivity contribution in [2.75, 3.05) is 25.6 Å². The third kappa shape index (κ3) is 2.73. The highest BCUT2D eigenvalue weighted by atomic mass is 19.1. The number of nitrogens with one attached hydrogen (secondary N) is 1. The summed E-state index contributed by atoms with van der Waals surface area (Å²) >= 11 is 0. The van der Waals surface area contributed by atoms with Crippen LogP contribution in [0.5, 0.6) is 5.75 Å². The Morgan fingerprint density at radius 2 is 2.20 bits per heavy atom. The van der Waals surface area contributed by atoms with Gasteiger partial charge < -0.3 is 14.8 Å². The molecule has 1 aromatic rings. The number of nitriles is 1. The molecule has 1 aromatic carbocycles. The molecule has 1 saturated heterocycles. The molecule has 0 aliphatic carbocycles. The van der Waals surface area contributed by atoms with Crippen LogP contribution in [-0.4, -0.2) is 26.2 Å². The molecule has 1 N–H and O–H groups in total. The van der Waals surface area contributed by atoms with Crippen LogP contribution < -0.4 is 10.1 Å². The van der Waals surface area contributed by atoms with Gasteiger partial charge in [-0.2, -0.15) is 5.26 Å². The lowest BCUT2D eigenvalue weighted by Crippen LogP contribution is -2.39. The molecule has 1 aliphatic rings. The minimum atomic E-state index is -1.08. The van der Waals surface area contributed by atoms with Gasteiger partial charge in [-0.3, -0.25) is 4.79 Å². The number of hydrogen-bond donors (Lipinski definition) is 1. The molecule has 1 heterocycles. The predicted molar refractivity (Wildman–Crippen MR) is 69.7 cm³/mol. The van der Waals surface area contributed by atoms with E-state index in [1.54, 1.807) is 0 Å². The van der Waals surface area contributed by atoms with Gasteiger partial charge in [-0.15, -0.1) is 0 Å². The van der Waals surface area contributed by atoms with Crippen molar-refractivity contribution in [1.29, 1.82) is 5.26 Å². The number of halogens is 1. The predicted octanol–water partition coefficient (Wildman–Crippen LogP) is 2.09. The van der Waals surface area contributed by atoms with Gasteiger partial charge in [0, 0.05) is 25.0 Å². The molecule has 0 radical (unpaired) electrons. The van der Waals surface area contributed by atoms with E-state index < -0.39 is 17.1 Å². The number of nitrogens with zero attached hydrogens (tertiary/aromatic N) is 1. The van der Waals surface area contributed by atoms with E-state index in [1.807, 2.05) is 0 Å². The molecule has 0 bridgehead atoms. The molecule has 0 saturated carbocycles. The Morgan fingerprint density at radius 3 is 2.80 bits per heavy atom. The van der Waals surface area contributed by atoms with Crippen LogP contribution in [-0.2, 0) is 9.53 Å². The molecule has 5 nitrogen and oxygen atoms in total. The highest BCUT2D eigenvalue weighted by Gasteiger charge is 2.40. The number of hydrogen-bond acceptors (Lipinski definition) is 4. The maximum Gasteiger partial charge on any atom is 0.245 e. The zero-order valence-corrected chi connectivity index (χ0v) is 11.1. The topological polar surface area (TPSA) is 71.3 Å². The third-order valence-corrected chi connectivity index (χ3v) is 3.40. The molecule has 0 spiro atoms. The second-order valence-corrected chi connectivity index (χ2v) is 4.61. The Kier molecular flexibility index (Phi) is 4.20. The number of ether oxygens (including phenoxy) is 2. The van der Waals surface area contributed by atoms with Crippen LogP contribution in [0.25, 0.3) is 0 Å². The maximum atomic E-state index is 13.3. The summed E-state index contributed by atoms with van der Waals surface area (Å²) in [5.74, 6) is -0.857. The summed E-state index contributed by atoms with van der Waals surface area (Å²) in [5.41, 5.74) is -0.686. The number of rotatable bonds is 3. The quantitative estimate of drug-likeness (QED) is 0.919. The number of carbonyl (C=O) groups excluding carboxylic acids is 1. The Bertz CT molecular complexity index is 548. The first-order chi connectivity index (χ1) is 9.61. The van der Waals surface area contributed by atoms with E-state index in [9.17, 15) is 14.4 Å². The molecule has 1 amide bonds. The van der Waals surface area contributed by atoms with E-state index in [-0.39, 0.29) is 5.75 Å². The van der Waals surface area contributed by atoms with Gasteiger partial charge in [0.1, 0.15) is 5.41 Å². The lowest BCUT2D eigenvalue weighted by molar-refractivity contribution is -0.126. The van der Waals surface area contributed by atoms with Crippen LogP contribution in [0.4, 0.5) is 10.1 Å². The normalized spacial score (nSPS) is 17.1. The van der Waals surface area contributed by atoms with Gasteiger partial charge in [-0.1, -0.05) is 0 Å². The van der Waals surface area contributed by atoms with Crippen LogP contribution in [0, 0.1) is 22.6 Å². The highest BCUT2D eigenvalue weighted by molar-refractivity contribution is 5.97. The lowest BCUT2D eigenvalue weighted by atomic mass is 9.81. The molecule has 0 unspecified atom stereocenters. The van der Waals surface area contributed by atoms with Crippen LogP contribution in [0.3, 0.4) is 0 Å². The molecule has 6 heteroatoms. The fraction of sp³-hybridized carbons (Fsp3) is 0.429. The van der Waals surface area contributed by atoms with Crippen molar-refractivity contribution < 1.29 is 18.7 Å². The molecule has 0 aromatic heterocycles. The van der Waals surface area contributed by atoms with Crippen LogP contribution in [0.1, 0.15) is 12.8 Å². The van der Waals surface area contributed by atoms with E-state index in [4.69, 9.17) is 9.47 Å². The van der Waals surface area contributed by atoms with Crippen molar-refractivity contribution in [2.45, 2.75) is 12.8 Å². The van der Waals surface area contributed by atoms with Crippen LogP contribution in [0.2, 0.25) is 0 Å². The van der Waals surface area contributed by atoms with Gasteiger partial charge >= 0.3 is 0 Å². The second-order valence-electron chi connectivity index (χ2n) is 4.61. The number of benzene rings is 1. The van der Waals surface area contributed by atoms with Gasteiger partial charge in [-0.05, 0) is 25.0 Å². The molecule has 20 heavy (non-hydrogen) atoms. The van der Waals surface area contributed by atoms with Crippen molar-refractivity contribution in [1.82, 2.24) is 0 Å². The van der Waals surface area contributed by atoms with Gasteiger partial charge in [0.25, 0.3) is 0 Å². The zero-order chi connectivity index (χ0) is 14.6. The summed E-state index contributed by atoms with van der Waals surface area (Å²) in [7, 11) is 1.35. The first-order valence-corrected chi connectivity index (χ1v) is 6.25. The van der Waals surface area contributed by atoms with Gasteiger partial charge in [-0.25, -0.2) is 4.39 Å². The van der Waals surface area contributed by atoms with Crippen LogP contribution >= 0.6 is 0 Å². The van der Waals surface area contributed by atoms with Crippen molar-refractivity contribution >= 4 is 11.6 Å². The van der Waals surface area contributed by atoms with Crippen LogP contribution in [0.15, 0.2) is 18.2 Å². The van der Waals surface area contributed by atoms with E-state index in [2.05, 4.69) is 11.4 Å². The fourth-order valence-corrected chi connectivity index (χ4v) is 2.10. The Balaban J connectivity index is 2.16. The molecule has 2 rings (SSSR count).